The van der Waals surface area contributed by atoms with Crippen molar-refractivity contribution in [3.8, 4) is 5.75 Å². The number of carbonyl (C=O) groups is 2. The van der Waals surface area contributed by atoms with E-state index < -0.39 is 27.3 Å². The Bertz CT molecular complexity index is 1770. The van der Waals surface area contributed by atoms with Gasteiger partial charge in [-0.05, 0) is 111 Å². The number of hydrogen-bond acceptors (Lipinski definition) is 8. The van der Waals surface area contributed by atoms with Crippen LogP contribution in [0.5, 0.6) is 5.75 Å². The number of sulfonamides is 1. The molecule has 7 atom stereocenters. The quantitative estimate of drug-likeness (QED) is 0.430. The topological polar surface area (TPSA) is 125 Å². The summed E-state index contributed by atoms with van der Waals surface area (Å²) in [6, 6.07) is 11.4. The predicted octanol–water partition coefficient (Wildman–Crippen LogP) is 4.86. The van der Waals surface area contributed by atoms with Gasteiger partial charge in [-0.15, -0.1) is 0 Å². The molecule has 1 saturated heterocycles. The van der Waals surface area contributed by atoms with Gasteiger partial charge in [0.05, 0.1) is 29.8 Å². The Hall–Kier alpha value is -3.12. The Morgan fingerprint density at radius 1 is 1.14 bits per heavy atom. The largest absolute Gasteiger partial charge is 0.490 e. The lowest BCUT2D eigenvalue weighted by molar-refractivity contribution is -0.138. The molecule has 3 aliphatic heterocycles. The summed E-state index contributed by atoms with van der Waals surface area (Å²) >= 11 is 6.44. The Labute approximate surface area is 300 Å². The zero-order valence-corrected chi connectivity index (χ0v) is 30.4. The molecule has 2 aromatic carbocycles. The molecule has 2 N–H and O–H groups in total. The Balaban J connectivity index is 1.24. The van der Waals surface area contributed by atoms with Crippen LogP contribution in [0.3, 0.4) is 0 Å². The molecule has 2 aromatic rings. The molecular weight excluding hydrogens is 678 g/mol. The van der Waals surface area contributed by atoms with E-state index >= 15 is 0 Å². The number of ether oxygens (including phenoxy) is 2. The summed E-state index contributed by atoms with van der Waals surface area (Å²) in [5.74, 6) is -0.0307. The fourth-order valence-corrected chi connectivity index (χ4v) is 10.0. The lowest BCUT2D eigenvalue weighted by Gasteiger charge is -2.46. The molecule has 1 saturated carbocycles. The molecule has 0 aromatic heterocycles. The van der Waals surface area contributed by atoms with E-state index in [1.807, 2.05) is 25.1 Å². The van der Waals surface area contributed by atoms with Gasteiger partial charge in [-0.2, -0.15) is 0 Å². The van der Waals surface area contributed by atoms with E-state index in [0.29, 0.717) is 56.4 Å². The number of aryl methyl sites for hydroxylation is 1. The number of nitrogens with zero attached hydrogens (tertiary/aromatic N) is 2. The van der Waals surface area contributed by atoms with Gasteiger partial charge >= 0.3 is 0 Å². The molecule has 10 nitrogen and oxygen atoms in total. The second-order valence-corrected chi connectivity index (χ2v) is 17.6. The molecule has 12 heteroatoms. The number of nitrogens with one attached hydrogen (secondary N) is 1. The third kappa shape index (κ3) is 7.03. The van der Waals surface area contributed by atoms with Crippen molar-refractivity contribution in [1.29, 1.82) is 0 Å². The number of aliphatic hydroxyl groups is 1. The second-order valence-electron chi connectivity index (χ2n) is 15.2. The summed E-state index contributed by atoms with van der Waals surface area (Å²) in [5.41, 5.74) is 3.19. The van der Waals surface area contributed by atoms with Gasteiger partial charge in [-0.25, -0.2) is 13.1 Å². The van der Waals surface area contributed by atoms with Crippen LogP contribution in [0.15, 0.2) is 48.6 Å². The summed E-state index contributed by atoms with van der Waals surface area (Å²) in [7, 11) is -3.99. The molecule has 0 radical (unpaired) electrons. The lowest BCUT2D eigenvalue weighted by atomic mass is 9.68. The van der Waals surface area contributed by atoms with Gasteiger partial charge in [-0.1, -0.05) is 36.7 Å². The average molecular weight is 726 g/mol. The van der Waals surface area contributed by atoms with Crippen LogP contribution in [-0.4, -0.2) is 87.1 Å². The maximum absolute atomic E-state index is 13.5. The van der Waals surface area contributed by atoms with Crippen LogP contribution < -0.4 is 14.4 Å². The second kappa shape index (κ2) is 14.1. The van der Waals surface area contributed by atoms with Gasteiger partial charge in [0.15, 0.2) is 0 Å². The fourth-order valence-electron chi connectivity index (χ4n) is 8.55. The summed E-state index contributed by atoms with van der Waals surface area (Å²) in [6.45, 7) is 6.06. The van der Waals surface area contributed by atoms with Crippen molar-refractivity contribution in [2.75, 3.05) is 44.3 Å². The standard InChI is InChI=1S/C38H48ClN3O7S/c1-24-5-3-7-34(48-21-36(44)41-16-14-30(43)20-41)31-11-8-28(31)19-42-22-38(15-4-6-26-17-29(39)10-12-32(26)38)23-49-35-13-9-27(18-33(35)42)37(45)40-50(46,47)25(24)2/h3,7,9-10,12-13,17-18,24-25,28,30-31,34,43H,4-6,8,11,14-16,19-23H2,1-2H3,(H,40,45)/b7-3-/t24-,25+,28-,30+,31+,34-,38-/m0/s1. The summed E-state index contributed by atoms with van der Waals surface area (Å²) in [6.07, 6.45) is 8.97. The first-order chi connectivity index (χ1) is 23.9. The number of carbonyl (C=O) groups excluding carboxylic acids is 2. The smallest absolute Gasteiger partial charge is 0.264 e. The number of halogens is 1. The Morgan fingerprint density at radius 2 is 1.98 bits per heavy atom. The van der Waals surface area contributed by atoms with E-state index in [0.717, 1.165) is 37.8 Å². The number of likely N-dealkylation sites (tertiary alicyclic amines) is 1. The number of hydrogen-bond donors (Lipinski definition) is 2. The maximum atomic E-state index is 13.5. The summed E-state index contributed by atoms with van der Waals surface area (Å²) in [4.78, 5) is 30.6. The van der Waals surface area contributed by atoms with E-state index in [-0.39, 0.29) is 47.4 Å². The molecule has 3 heterocycles. The highest BCUT2D eigenvalue weighted by Gasteiger charge is 2.45. The van der Waals surface area contributed by atoms with Crippen LogP contribution in [0.4, 0.5) is 5.69 Å². The minimum atomic E-state index is -3.99. The van der Waals surface area contributed by atoms with E-state index in [1.54, 1.807) is 30.0 Å². The number of aliphatic hydroxyl groups excluding tert-OH is 1. The zero-order valence-electron chi connectivity index (χ0n) is 28.9. The van der Waals surface area contributed by atoms with Gasteiger partial charge in [-0.3, -0.25) is 9.59 Å². The van der Waals surface area contributed by atoms with Gasteiger partial charge in [0, 0.05) is 42.2 Å². The van der Waals surface area contributed by atoms with Crippen molar-refractivity contribution >= 4 is 39.1 Å². The zero-order chi connectivity index (χ0) is 35.2. The van der Waals surface area contributed by atoms with Crippen molar-refractivity contribution in [2.24, 2.45) is 17.8 Å². The molecule has 0 unspecified atom stereocenters. The lowest BCUT2D eigenvalue weighted by Crippen LogP contribution is -2.50. The molecule has 1 spiro atoms. The third-order valence-corrected chi connectivity index (χ3v) is 14.1. The summed E-state index contributed by atoms with van der Waals surface area (Å²) < 4.78 is 42.2. The minimum Gasteiger partial charge on any atom is -0.490 e. The van der Waals surface area contributed by atoms with E-state index in [4.69, 9.17) is 21.1 Å². The van der Waals surface area contributed by atoms with Gasteiger partial charge in [0.2, 0.25) is 15.9 Å². The van der Waals surface area contributed by atoms with Crippen LogP contribution in [0.2, 0.25) is 5.02 Å². The number of anilines is 1. The number of allylic oxidation sites excluding steroid dienone is 1. The van der Waals surface area contributed by atoms with Crippen LogP contribution in [-0.2, 0) is 31.4 Å². The van der Waals surface area contributed by atoms with E-state index in [9.17, 15) is 23.1 Å². The highest BCUT2D eigenvalue weighted by Crippen LogP contribution is 2.47. The van der Waals surface area contributed by atoms with Gasteiger partial charge in [0.25, 0.3) is 5.91 Å². The monoisotopic (exact) mass is 725 g/mol. The van der Waals surface area contributed by atoms with E-state index in [2.05, 4.69) is 21.8 Å². The molecular formula is C38H48ClN3O7S. The predicted molar refractivity (Wildman–Crippen MR) is 192 cm³/mol. The van der Waals surface area contributed by atoms with Crippen LogP contribution in [0.1, 0.15) is 73.9 Å². The number of amides is 2. The van der Waals surface area contributed by atoms with Crippen molar-refractivity contribution < 1.29 is 32.6 Å². The molecule has 50 heavy (non-hydrogen) atoms. The SMILES string of the molecule is C[C@@H]1[C@@H](C)C/C=C\[C@H](OCC(=O)N2CC[C@@H](O)C2)[C@@H]2CC[C@H]2CN2C[C@@]3(CCCc4cc(Cl)ccc43)COc3ccc(cc32)C(=O)NS1(=O)=O. The third-order valence-electron chi connectivity index (χ3n) is 11.9. The maximum Gasteiger partial charge on any atom is 0.264 e. The molecule has 2 fully saturated rings. The van der Waals surface area contributed by atoms with Crippen molar-refractivity contribution in [1.82, 2.24) is 9.62 Å². The molecule has 2 bridgehead atoms. The highest BCUT2D eigenvalue weighted by molar-refractivity contribution is 7.90. The molecule has 7 rings (SSSR count). The first-order valence-electron chi connectivity index (χ1n) is 18.0. The Kier molecular flexibility index (Phi) is 9.97. The van der Waals surface area contributed by atoms with Crippen LogP contribution in [0.25, 0.3) is 0 Å². The molecule has 5 aliphatic rings. The van der Waals surface area contributed by atoms with Gasteiger partial charge < -0.3 is 24.4 Å². The number of fused-ring (bicyclic) bond motifs is 4. The average Bonchev–Trinajstić information content (AvgIpc) is 3.45. The van der Waals surface area contributed by atoms with Crippen molar-refractivity contribution in [3.63, 3.8) is 0 Å². The molecule has 2 aliphatic carbocycles. The molecule has 270 valence electrons. The van der Waals surface area contributed by atoms with Crippen LogP contribution in [0, 0.1) is 17.8 Å². The van der Waals surface area contributed by atoms with E-state index in [1.165, 1.54) is 11.1 Å². The number of benzene rings is 2. The first-order valence-corrected chi connectivity index (χ1v) is 20.0. The Morgan fingerprint density at radius 3 is 2.74 bits per heavy atom. The highest BCUT2D eigenvalue weighted by atomic mass is 35.5. The fraction of sp³-hybridized carbons (Fsp3) is 0.579. The molecule has 2 amide bonds. The number of β-amino-alcohol motifs (C(OH)–C–C–N with tert-alkyl or cyclic N) is 1. The minimum absolute atomic E-state index is 0.0798. The van der Waals surface area contributed by atoms with Crippen molar-refractivity contribution in [3.05, 3.63) is 70.3 Å². The normalized spacial score (nSPS) is 32.9. The number of rotatable bonds is 3. The van der Waals surface area contributed by atoms with Gasteiger partial charge in [0.1, 0.15) is 12.4 Å². The summed E-state index contributed by atoms with van der Waals surface area (Å²) in [5, 5.41) is 9.86. The van der Waals surface area contributed by atoms with Crippen molar-refractivity contribution in [2.45, 2.75) is 81.7 Å². The first kappa shape index (κ1) is 35.3. The van der Waals surface area contributed by atoms with Crippen LogP contribution >= 0.6 is 11.6 Å².